The van der Waals surface area contributed by atoms with Gasteiger partial charge in [-0.1, -0.05) is 39.0 Å². The lowest BCUT2D eigenvalue weighted by molar-refractivity contribution is 0.0947. The van der Waals surface area contributed by atoms with Gasteiger partial charge in [-0.15, -0.1) is 0 Å². The number of carbonyl (C=O) groups is 2. The van der Waals surface area contributed by atoms with E-state index in [4.69, 9.17) is 0 Å². The summed E-state index contributed by atoms with van der Waals surface area (Å²) < 4.78 is 0. The molecular formula is C22H30N4O2. The number of rotatable bonds is 7. The Balaban J connectivity index is 2.08. The lowest BCUT2D eigenvalue weighted by Gasteiger charge is -2.23. The molecule has 2 rings (SSSR count). The summed E-state index contributed by atoms with van der Waals surface area (Å²) in [6, 6.07) is 10.9. The molecule has 6 nitrogen and oxygen atoms in total. The van der Waals surface area contributed by atoms with Crippen molar-refractivity contribution in [2.45, 2.75) is 32.6 Å². The van der Waals surface area contributed by atoms with E-state index < -0.39 is 0 Å². The first-order valence-electron chi connectivity index (χ1n) is 9.48. The molecule has 0 aliphatic carbocycles. The summed E-state index contributed by atoms with van der Waals surface area (Å²) in [5, 5.41) is 5.80. The first-order valence-corrected chi connectivity index (χ1v) is 9.48. The molecule has 0 atom stereocenters. The van der Waals surface area contributed by atoms with Gasteiger partial charge in [-0.2, -0.15) is 0 Å². The molecule has 0 radical (unpaired) electrons. The van der Waals surface area contributed by atoms with Crippen LogP contribution >= 0.6 is 0 Å². The van der Waals surface area contributed by atoms with E-state index in [9.17, 15) is 9.59 Å². The number of para-hydroxylation sites is 1. The Morgan fingerprint density at radius 2 is 1.79 bits per heavy atom. The van der Waals surface area contributed by atoms with Gasteiger partial charge in [0.1, 0.15) is 5.69 Å². The van der Waals surface area contributed by atoms with E-state index in [1.807, 2.05) is 38.4 Å². The Morgan fingerprint density at radius 1 is 1.07 bits per heavy atom. The Morgan fingerprint density at radius 3 is 2.46 bits per heavy atom. The number of hydrogen-bond donors (Lipinski definition) is 2. The molecule has 0 fully saturated rings. The summed E-state index contributed by atoms with van der Waals surface area (Å²) in [6.45, 7) is 7.76. The third-order valence-corrected chi connectivity index (χ3v) is 4.31. The SMILES string of the molecule is CN(C)CCCNC(=O)c1cc(C(=O)Nc2ccccc2C(C)(C)C)ccn1. The fourth-order valence-corrected chi connectivity index (χ4v) is 2.82. The molecule has 2 N–H and O–H groups in total. The Labute approximate surface area is 167 Å². The Kier molecular flexibility index (Phi) is 7.29. The number of amides is 2. The van der Waals surface area contributed by atoms with E-state index in [0.717, 1.165) is 24.2 Å². The first-order chi connectivity index (χ1) is 13.2. The number of nitrogens with one attached hydrogen (secondary N) is 2. The van der Waals surface area contributed by atoms with Gasteiger partial charge in [0, 0.05) is 24.0 Å². The van der Waals surface area contributed by atoms with Crippen molar-refractivity contribution in [3.8, 4) is 0 Å². The van der Waals surface area contributed by atoms with Crippen LogP contribution in [0.1, 0.15) is 53.6 Å². The molecule has 0 spiro atoms. The van der Waals surface area contributed by atoms with Gasteiger partial charge in [0.2, 0.25) is 0 Å². The molecule has 28 heavy (non-hydrogen) atoms. The van der Waals surface area contributed by atoms with Gasteiger partial charge in [-0.3, -0.25) is 14.6 Å². The zero-order valence-corrected chi connectivity index (χ0v) is 17.4. The van der Waals surface area contributed by atoms with Crippen LogP contribution in [0.4, 0.5) is 5.69 Å². The van der Waals surface area contributed by atoms with E-state index in [1.165, 1.54) is 12.3 Å². The Bertz CT molecular complexity index is 825. The second-order valence-electron chi connectivity index (χ2n) is 8.09. The molecule has 1 aromatic heterocycles. The minimum absolute atomic E-state index is 0.0975. The van der Waals surface area contributed by atoms with Crippen LogP contribution in [0.15, 0.2) is 42.6 Å². The van der Waals surface area contributed by atoms with Gasteiger partial charge in [0.15, 0.2) is 0 Å². The third-order valence-electron chi connectivity index (χ3n) is 4.31. The molecule has 6 heteroatoms. The average molecular weight is 383 g/mol. The maximum atomic E-state index is 12.7. The minimum atomic E-state index is -0.275. The van der Waals surface area contributed by atoms with Crippen LogP contribution < -0.4 is 10.6 Å². The van der Waals surface area contributed by atoms with Crippen LogP contribution in [0.5, 0.6) is 0 Å². The summed E-state index contributed by atoms with van der Waals surface area (Å²) in [6.07, 6.45) is 2.34. The largest absolute Gasteiger partial charge is 0.351 e. The van der Waals surface area contributed by atoms with Gasteiger partial charge in [0.25, 0.3) is 11.8 Å². The predicted octanol–water partition coefficient (Wildman–Crippen LogP) is 3.31. The maximum absolute atomic E-state index is 12.7. The van der Waals surface area contributed by atoms with Gasteiger partial charge >= 0.3 is 0 Å². The highest BCUT2D eigenvalue weighted by molar-refractivity contribution is 6.06. The van der Waals surface area contributed by atoms with Crippen molar-refractivity contribution >= 4 is 17.5 Å². The van der Waals surface area contributed by atoms with Crippen LogP contribution in [0.2, 0.25) is 0 Å². The molecule has 0 aliphatic rings. The highest BCUT2D eigenvalue weighted by Gasteiger charge is 2.19. The van der Waals surface area contributed by atoms with E-state index in [-0.39, 0.29) is 22.9 Å². The number of carbonyl (C=O) groups excluding carboxylic acids is 2. The van der Waals surface area contributed by atoms with Crippen molar-refractivity contribution in [1.29, 1.82) is 0 Å². The highest BCUT2D eigenvalue weighted by Crippen LogP contribution is 2.29. The number of aromatic nitrogens is 1. The molecule has 0 bridgehead atoms. The van der Waals surface area contributed by atoms with E-state index in [1.54, 1.807) is 6.07 Å². The second kappa shape index (κ2) is 9.46. The highest BCUT2D eigenvalue weighted by atomic mass is 16.2. The van der Waals surface area contributed by atoms with Crippen LogP contribution in [-0.4, -0.2) is 48.9 Å². The fourth-order valence-electron chi connectivity index (χ4n) is 2.82. The van der Waals surface area contributed by atoms with Crippen molar-refractivity contribution in [1.82, 2.24) is 15.2 Å². The number of pyridine rings is 1. The molecule has 0 unspecified atom stereocenters. The summed E-state index contributed by atoms with van der Waals surface area (Å²) >= 11 is 0. The van der Waals surface area contributed by atoms with Crippen molar-refractivity contribution in [3.05, 3.63) is 59.4 Å². The number of hydrogen-bond acceptors (Lipinski definition) is 4. The number of benzene rings is 1. The van der Waals surface area contributed by atoms with Crippen LogP contribution in [0.25, 0.3) is 0 Å². The third kappa shape index (κ3) is 6.16. The molecule has 1 aromatic carbocycles. The monoisotopic (exact) mass is 382 g/mol. The van der Waals surface area contributed by atoms with Crippen LogP contribution in [0, 0.1) is 0 Å². The molecule has 2 aromatic rings. The van der Waals surface area contributed by atoms with E-state index >= 15 is 0 Å². The van der Waals surface area contributed by atoms with Gasteiger partial charge in [0.05, 0.1) is 0 Å². The molecule has 0 saturated heterocycles. The van der Waals surface area contributed by atoms with Gasteiger partial charge in [-0.05, 0) is 56.2 Å². The minimum Gasteiger partial charge on any atom is -0.351 e. The van der Waals surface area contributed by atoms with E-state index in [2.05, 4.69) is 41.3 Å². The molecule has 1 heterocycles. The van der Waals surface area contributed by atoms with Gasteiger partial charge < -0.3 is 15.5 Å². The molecule has 0 saturated carbocycles. The zero-order chi connectivity index (χ0) is 20.7. The zero-order valence-electron chi connectivity index (χ0n) is 17.4. The van der Waals surface area contributed by atoms with Crippen LogP contribution in [0.3, 0.4) is 0 Å². The summed E-state index contributed by atoms with van der Waals surface area (Å²) in [4.78, 5) is 31.2. The van der Waals surface area contributed by atoms with Crippen molar-refractivity contribution in [2.24, 2.45) is 0 Å². The van der Waals surface area contributed by atoms with Crippen molar-refractivity contribution < 1.29 is 9.59 Å². The fraction of sp³-hybridized carbons (Fsp3) is 0.409. The summed E-state index contributed by atoms with van der Waals surface area (Å²) in [5.74, 6) is -0.538. The topological polar surface area (TPSA) is 74.3 Å². The summed E-state index contributed by atoms with van der Waals surface area (Å²) in [5.41, 5.74) is 2.36. The lowest BCUT2D eigenvalue weighted by atomic mass is 9.86. The lowest BCUT2D eigenvalue weighted by Crippen LogP contribution is -2.28. The van der Waals surface area contributed by atoms with E-state index in [0.29, 0.717) is 12.1 Å². The molecule has 0 aliphatic heterocycles. The first kappa shape index (κ1) is 21.6. The van der Waals surface area contributed by atoms with Crippen molar-refractivity contribution in [2.75, 3.05) is 32.5 Å². The molecule has 2 amide bonds. The molecule has 150 valence electrons. The van der Waals surface area contributed by atoms with Crippen molar-refractivity contribution in [3.63, 3.8) is 0 Å². The second-order valence-corrected chi connectivity index (χ2v) is 8.09. The maximum Gasteiger partial charge on any atom is 0.269 e. The van der Waals surface area contributed by atoms with Gasteiger partial charge in [-0.25, -0.2) is 0 Å². The average Bonchev–Trinajstić information content (AvgIpc) is 2.64. The predicted molar refractivity (Wildman–Crippen MR) is 113 cm³/mol. The normalized spacial score (nSPS) is 11.4. The smallest absolute Gasteiger partial charge is 0.269 e. The molecular weight excluding hydrogens is 352 g/mol. The quantitative estimate of drug-likeness (QED) is 0.721. The van der Waals surface area contributed by atoms with Crippen LogP contribution in [-0.2, 0) is 5.41 Å². The number of anilines is 1. The Hall–Kier alpha value is -2.73. The number of nitrogens with zero attached hydrogens (tertiary/aromatic N) is 2. The standard InChI is InChI=1S/C22H30N4O2/c1-22(2,3)17-9-6-7-10-18(17)25-20(27)16-11-13-23-19(15-16)21(28)24-12-8-14-26(4)5/h6-7,9-11,13,15H,8,12,14H2,1-5H3,(H,24,28)(H,25,27). The summed E-state index contributed by atoms with van der Waals surface area (Å²) in [7, 11) is 3.98.